The van der Waals surface area contributed by atoms with Gasteiger partial charge < -0.3 is 4.84 Å². The average molecular weight is 221 g/mol. The first-order chi connectivity index (χ1) is 7.72. The first-order valence-electron chi connectivity index (χ1n) is 4.63. The van der Waals surface area contributed by atoms with Gasteiger partial charge in [-0.15, -0.1) is 0 Å². The lowest BCUT2D eigenvalue weighted by Crippen LogP contribution is -2.01. The van der Waals surface area contributed by atoms with Gasteiger partial charge in [0, 0.05) is 0 Å². The molecule has 0 aromatic heterocycles. The van der Waals surface area contributed by atoms with Crippen molar-refractivity contribution in [1.29, 1.82) is 0 Å². The van der Waals surface area contributed by atoms with Gasteiger partial charge in [0.05, 0.1) is 5.56 Å². The quantitative estimate of drug-likeness (QED) is 0.791. The molecule has 0 aliphatic heterocycles. The Morgan fingerprint density at radius 3 is 1.94 bits per heavy atom. The molecule has 0 aliphatic rings. The normalized spacial score (nSPS) is 10.2. The van der Waals surface area contributed by atoms with Crippen molar-refractivity contribution in [3.63, 3.8) is 0 Å². The maximum Gasteiger partial charge on any atom is 0.146 e. The maximum atomic E-state index is 13.4. The second kappa shape index (κ2) is 4.28. The summed E-state index contributed by atoms with van der Waals surface area (Å²) in [5.74, 6) is 4.19. The van der Waals surface area contributed by atoms with Crippen LogP contribution in [0.3, 0.4) is 0 Å². The summed E-state index contributed by atoms with van der Waals surface area (Å²) in [6.07, 6.45) is 0. The topological polar surface area (TPSA) is 35.2 Å². The molecule has 0 fully saturated rings. The Balaban J connectivity index is 2.50. The SMILES string of the molecule is NOc1ccc(-c2c(F)cccc2F)cc1. The van der Waals surface area contributed by atoms with E-state index >= 15 is 0 Å². The van der Waals surface area contributed by atoms with Crippen molar-refractivity contribution in [1.82, 2.24) is 0 Å². The van der Waals surface area contributed by atoms with Crippen molar-refractivity contribution in [3.8, 4) is 16.9 Å². The van der Waals surface area contributed by atoms with Gasteiger partial charge in [-0.25, -0.2) is 8.78 Å². The molecule has 0 saturated carbocycles. The molecule has 0 amide bonds. The second-order valence-corrected chi connectivity index (χ2v) is 3.24. The smallest absolute Gasteiger partial charge is 0.146 e. The maximum absolute atomic E-state index is 13.4. The molecule has 0 spiro atoms. The predicted molar refractivity (Wildman–Crippen MR) is 56.6 cm³/mol. The van der Waals surface area contributed by atoms with Crippen LogP contribution in [0.4, 0.5) is 8.78 Å². The number of rotatable bonds is 2. The highest BCUT2D eigenvalue weighted by Gasteiger charge is 2.10. The van der Waals surface area contributed by atoms with E-state index in [4.69, 9.17) is 5.90 Å². The second-order valence-electron chi connectivity index (χ2n) is 3.24. The largest absolute Gasteiger partial charge is 0.412 e. The zero-order valence-electron chi connectivity index (χ0n) is 8.28. The van der Waals surface area contributed by atoms with Gasteiger partial charge in [-0.2, -0.15) is 5.90 Å². The molecule has 4 heteroatoms. The molecule has 0 unspecified atom stereocenters. The molecule has 82 valence electrons. The van der Waals surface area contributed by atoms with Gasteiger partial charge in [0.1, 0.15) is 17.4 Å². The Morgan fingerprint density at radius 2 is 1.44 bits per heavy atom. The van der Waals surface area contributed by atoms with Gasteiger partial charge in [-0.3, -0.25) is 0 Å². The van der Waals surface area contributed by atoms with Crippen LogP contribution in [0.2, 0.25) is 0 Å². The van der Waals surface area contributed by atoms with Crippen molar-refractivity contribution < 1.29 is 13.6 Å². The lowest BCUT2D eigenvalue weighted by molar-refractivity contribution is 0.334. The Hall–Kier alpha value is -1.94. The van der Waals surface area contributed by atoms with Gasteiger partial charge in [-0.05, 0) is 29.8 Å². The van der Waals surface area contributed by atoms with Crippen molar-refractivity contribution >= 4 is 0 Å². The van der Waals surface area contributed by atoms with Crippen molar-refractivity contribution in [2.75, 3.05) is 0 Å². The van der Waals surface area contributed by atoms with Crippen molar-refractivity contribution in [2.24, 2.45) is 5.90 Å². The fourth-order valence-corrected chi connectivity index (χ4v) is 1.47. The first kappa shape index (κ1) is 10.6. The van der Waals surface area contributed by atoms with Crippen molar-refractivity contribution in [3.05, 3.63) is 54.1 Å². The number of benzene rings is 2. The van der Waals surface area contributed by atoms with E-state index in [0.717, 1.165) is 0 Å². The third-order valence-corrected chi connectivity index (χ3v) is 2.24. The third-order valence-electron chi connectivity index (χ3n) is 2.24. The predicted octanol–water partition coefficient (Wildman–Crippen LogP) is 2.88. The van der Waals surface area contributed by atoms with Crippen molar-refractivity contribution in [2.45, 2.75) is 0 Å². The summed E-state index contributed by atoms with van der Waals surface area (Å²) in [6, 6.07) is 9.93. The Labute approximate surface area is 91.2 Å². The van der Waals surface area contributed by atoms with Gasteiger partial charge >= 0.3 is 0 Å². The third kappa shape index (κ3) is 1.87. The number of hydrogen-bond acceptors (Lipinski definition) is 2. The molecule has 0 bridgehead atoms. The summed E-state index contributed by atoms with van der Waals surface area (Å²) >= 11 is 0. The first-order valence-corrected chi connectivity index (χ1v) is 4.63. The summed E-state index contributed by atoms with van der Waals surface area (Å²) in [5, 5.41) is 0. The number of hydrogen-bond donors (Lipinski definition) is 1. The molecule has 2 rings (SSSR count). The zero-order valence-corrected chi connectivity index (χ0v) is 8.28. The van der Waals surface area contributed by atoms with E-state index in [2.05, 4.69) is 4.84 Å². The van der Waals surface area contributed by atoms with Crippen LogP contribution in [-0.2, 0) is 0 Å². The molecule has 16 heavy (non-hydrogen) atoms. The van der Waals surface area contributed by atoms with E-state index in [-0.39, 0.29) is 5.56 Å². The molecule has 0 saturated heterocycles. The van der Waals surface area contributed by atoms with E-state index in [9.17, 15) is 8.78 Å². The summed E-state index contributed by atoms with van der Waals surface area (Å²) < 4.78 is 26.8. The van der Waals surface area contributed by atoms with E-state index in [1.54, 1.807) is 24.3 Å². The molecule has 0 aliphatic carbocycles. The Morgan fingerprint density at radius 1 is 0.875 bits per heavy atom. The molecular weight excluding hydrogens is 212 g/mol. The molecule has 2 aromatic rings. The van der Waals surface area contributed by atoms with E-state index in [1.165, 1.54) is 18.2 Å². The Kier molecular flexibility index (Phi) is 2.83. The minimum atomic E-state index is -0.596. The van der Waals surface area contributed by atoms with Crippen LogP contribution in [0.5, 0.6) is 5.75 Å². The van der Waals surface area contributed by atoms with E-state index in [0.29, 0.717) is 11.3 Å². The number of halogens is 2. The monoisotopic (exact) mass is 221 g/mol. The molecule has 0 heterocycles. The van der Waals surface area contributed by atoms with Gasteiger partial charge in [0.25, 0.3) is 0 Å². The highest BCUT2D eigenvalue weighted by atomic mass is 19.1. The molecule has 2 nitrogen and oxygen atoms in total. The molecule has 2 aromatic carbocycles. The van der Waals surface area contributed by atoms with Gasteiger partial charge in [-0.1, -0.05) is 18.2 Å². The minimum absolute atomic E-state index is 0.0499. The molecule has 2 N–H and O–H groups in total. The van der Waals surface area contributed by atoms with E-state index < -0.39 is 11.6 Å². The molecule has 0 atom stereocenters. The fraction of sp³-hybridized carbons (Fsp3) is 0. The summed E-state index contributed by atoms with van der Waals surface area (Å²) in [7, 11) is 0. The Bertz CT molecular complexity index is 477. The molecular formula is C12H9F2NO. The van der Waals surface area contributed by atoms with Crippen LogP contribution in [0.15, 0.2) is 42.5 Å². The standard InChI is InChI=1S/C12H9F2NO/c13-10-2-1-3-11(14)12(10)8-4-6-9(16-15)7-5-8/h1-7H,15H2. The lowest BCUT2D eigenvalue weighted by Gasteiger charge is -2.05. The summed E-state index contributed by atoms with van der Waals surface area (Å²) in [5.41, 5.74) is 0.391. The summed E-state index contributed by atoms with van der Waals surface area (Å²) in [4.78, 5) is 4.48. The van der Waals surface area contributed by atoms with Crippen LogP contribution in [0.25, 0.3) is 11.1 Å². The minimum Gasteiger partial charge on any atom is -0.412 e. The van der Waals surface area contributed by atoms with Crippen LogP contribution in [0.1, 0.15) is 0 Å². The van der Waals surface area contributed by atoms with Gasteiger partial charge in [0.15, 0.2) is 0 Å². The van der Waals surface area contributed by atoms with E-state index in [1.807, 2.05) is 0 Å². The summed E-state index contributed by atoms with van der Waals surface area (Å²) in [6.45, 7) is 0. The van der Waals surface area contributed by atoms with Crippen LogP contribution in [0, 0.1) is 11.6 Å². The van der Waals surface area contributed by atoms with Crippen LogP contribution >= 0.6 is 0 Å². The average Bonchev–Trinajstić information content (AvgIpc) is 2.30. The van der Waals surface area contributed by atoms with Crippen LogP contribution < -0.4 is 10.7 Å². The van der Waals surface area contributed by atoms with Crippen LogP contribution in [-0.4, -0.2) is 0 Å². The lowest BCUT2D eigenvalue weighted by atomic mass is 10.0. The van der Waals surface area contributed by atoms with Gasteiger partial charge in [0.2, 0.25) is 0 Å². The highest BCUT2D eigenvalue weighted by molar-refractivity contribution is 5.65. The highest BCUT2D eigenvalue weighted by Crippen LogP contribution is 2.27. The number of nitrogens with two attached hydrogens (primary N) is 1. The fourth-order valence-electron chi connectivity index (χ4n) is 1.47. The molecule has 0 radical (unpaired) electrons. The zero-order chi connectivity index (χ0) is 11.5.